The highest BCUT2D eigenvalue weighted by molar-refractivity contribution is 5.82. The van der Waals surface area contributed by atoms with E-state index < -0.39 is 29.5 Å². The Hall–Kier alpha value is -2.00. The first-order valence-electron chi connectivity index (χ1n) is 6.40. The number of fused-ring (bicyclic) bond motifs is 1. The van der Waals surface area contributed by atoms with E-state index in [2.05, 4.69) is 0 Å². The van der Waals surface area contributed by atoms with Gasteiger partial charge in [0.15, 0.2) is 6.23 Å². The topological polar surface area (TPSA) is 118 Å². The van der Waals surface area contributed by atoms with Crippen LogP contribution in [0, 0.1) is 10.1 Å². The summed E-state index contributed by atoms with van der Waals surface area (Å²) in [6.07, 6.45) is -3.12. The van der Waals surface area contributed by atoms with Gasteiger partial charge in [0, 0.05) is 23.7 Å². The number of rotatable bonds is 2. The molecule has 0 spiro atoms. The zero-order valence-corrected chi connectivity index (χ0v) is 10.9. The van der Waals surface area contributed by atoms with Crippen molar-refractivity contribution >= 4 is 16.6 Å². The molecule has 0 amide bonds. The maximum atomic E-state index is 10.9. The summed E-state index contributed by atoms with van der Waals surface area (Å²) in [5.74, 6) is 0. The summed E-state index contributed by atoms with van der Waals surface area (Å²) in [7, 11) is 0. The first kappa shape index (κ1) is 14.0. The SMILES string of the molecule is O=[N+]([O-])c1ccc2ccn([C@@H]3OC[C@H](O)[C@@H](O)[C@@H]3O)c2c1. The van der Waals surface area contributed by atoms with Gasteiger partial charge in [0.2, 0.25) is 0 Å². The predicted molar refractivity (Wildman–Crippen MR) is 71.6 cm³/mol. The minimum atomic E-state index is -1.33. The highest BCUT2D eigenvalue weighted by atomic mass is 16.6. The fraction of sp³-hybridized carbons (Fsp3) is 0.385. The number of aliphatic hydroxyl groups is 3. The second-order valence-electron chi connectivity index (χ2n) is 5.00. The molecule has 1 aliphatic heterocycles. The van der Waals surface area contributed by atoms with Crippen molar-refractivity contribution in [3.63, 3.8) is 0 Å². The van der Waals surface area contributed by atoms with Gasteiger partial charge in [-0.2, -0.15) is 0 Å². The van der Waals surface area contributed by atoms with Crippen LogP contribution in [0.25, 0.3) is 10.9 Å². The number of nitrogens with zero attached hydrogens (tertiary/aromatic N) is 2. The number of aromatic nitrogens is 1. The second kappa shape index (κ2) is 5.08. The van der Waals surface area contributed by atoms with Gasteiger partial charge in [-0.25, -0.2) is 0 Å². The molecule has 8 nitrogen and oxygen atoms in total. The summed E-state index contributed by atoms with van der Waals surface area (Å²) >= 11 is 0. The van der Waals surface area contributed by atoms with Crippen molar-refractivity contribution < 1.29 is 25.0 Å². The molecule has 1 fully saturated rings. The molecule has 21 heavy (non-hydrogen) atoms. The Labute approximate surface area is 119 Å². The molecule has 0 saturated carbocycles. The van der Waals surface area contributed by atoms with Crippen molar-refractivity contribution in [1.29, 1.82) is 0 Å². The third kappa shape index (κ3) is 2.28. The van der Waals surface area contributed by atoms with Gasteiger partial charge in [0.25, 0.3) is 5.69 Å². The number of benzene rings is 1. The minimum absolute atomic E-state index is 0.0756. The molecule has 0 radical (unpaired) electrons. The van der Waals surface area contributed by atoms with Crippen molar-refractivity contribution in [2.45, 2.75) is 24.5 Å². The van der Waals surface area contributed by atoms with Crippen LogP contribution in [0.3, 0.4) is 0 Å². The van der Waals surface area contributed by atoms with Gasteiger partial charge in [0.1, 0.15) is 18.3 Å². The summed E-state index contributed by atoms with van der Waals surface area (Å²) in [5.41, 5.74) is 0.435. The number of non-ortho nitro benzene ring substituents is 1. The van der Waals surface area contributed by atoms with Crippen molar-refractivity contribution in [3.05, 3.63) is 40.6 Å². The molecule has 1 saturated heterocycles. The minimum Gasteiger partial charge on any atom is -0.388 e. The van der Waals surface area contributed by atoms with E-state index in [1.165, 1.54) is 16.7 Å². The summed E-state index contributed by atoms with van der Waals surface area (Å²) in [6.45, 7) is -0.127. The van der Waals surface area contributed by atoms with Crippen LogP contribution in [-0.4, -0.2) is 49.7 Å². The average Bonchev–Trinajstić information content (AvgIpc) is 2.88. The summed E-state index contributed by atoms with van der Waals surface area (Å²) < 4.78 is 6.87. The third-order valence-corrected chi connectivity index (χ3v) is 3.67. The maximum Gasteiger partial charge on any atom is 0.271 e. The van der Waals surface area contributed by atoms with Crippen LogP contribution in [0.4, 0.5) is 5.69 Å². The zero-order chi connectivity index (χ0) is 15.1. The van der Waals surface area contributed by atoms with Gasteiger partial charge in [-0.3, -0.25) is 10.1 Å². The van der Waals surface area contributed by atoms with Crippen LogP contribution in [0.5, 0.6) is 0 Å². The summed E-state index contributed by atoms with van der Waals surface area (Å²) in [5, 5.41) is 40.8. The number of ether oxygens (including phenoxy) is 1. The average molecular weight is 294 g/mol. The highest BCUT2D eigenvalue weighted by Gasteiger charge is 2.38. The Kier molecular flexibility index (Phi) is 3.38. The molecule has 2 aromatic rings. The molecule has 4 atom stereocenters. The van der Waals surface area contributed by atoms with E-state index in [0.717, 1.165) is 5.39 Å². The lowest BCUT2D eigenvalue weighted by molar-refractivity contribution is -0.384. The first-order chi connectivity index (χ1) is 9.99. The molecule has 0 bridgehead atoms. The molecular formula is C13H14N2O6. The molecule has 3 rings (SSSR count). The smallest absolute Gasteiger partial charge is 0.271 e. The van der Waals surface area contributed by atoms with Crippen LogP contribution >= 0.6 is 0 Å². The number of hydrogen-bond donors (Lipinski definition) is 3. The third-order valence-electron chi connectivity index (χ3n) is 3.67. The van der Waals surface area contributed by atoms with Gasteiger partial charge in [-0.15, -0.1) is 0 Å². The van der Waals surface area contributed by atoms with E-state index in [1.807, 2.05) is 0 Å². The highest BCUT2D eigenvalue weighted by Crippen LogP contribution is 2.30. The maximum absolute atomic E-state index is 10.9. The monoisotopic (exact) mass is 294 g/mol. The van der Waals surface area contributed by atoms with Crippen LogP contribution in [0.15, 0.2) is 30.5 Å². The van der Waals surface area contributed by atoms with Crippen LogP contribution in [0.1, 0.15) is 6.23 Å². The number of hydrogen-bond acceptors (Lipinski definition) is 6. The quantitative estimate of drug-likeness (QED) is 0.536. The Morgan fingerprint density at radius 2 is 2.00 bits per heavy atom. The van der Waals surface area contributed by atoms with Gasteiger partial charge in [-0.05, 0) is 12.1 Å². The molecule has 0 unspecified atom stereocenters. The second-order valence-corrected chi connectivity index (χ2v) is 5.00. The van der Waals surface area contributed by atoms with E-state index in [1.54, 1.807) is 18.3 Å². The Morgan fingerprint density at radius 3 is 2.71 bits per heavy atom. The Balaban J connectivity index is 2.04. The van der Waals surface area contributed by atoms with Crippen molar-refractivity contribution in [1.82, 2.24) is 4.57 Å². The van der Waals surface area contributed by atoms with Gasteiger partial charge >= 0.3 is 0 Å². The van der Waals surface area contributed by atoms with Crippen molar-refractivity contribution in [2.24, 2.45) is 0 Å². The lowest BCUT2D eigenvalue weighted by Gasteiger charge is -2.36. The number of aliphatic hydroxyl groups excluding tert-OH is 3. The predicted octanol–water partition coefficient (Wildman–Crippen LogP) is 0.161. The molecule has 0 aliphatic carbocycles. The Bertz CT molecular complexity index is 684. The lowest BCUT2D eigenvalue weighted by atomic mass is 10.0. The van der Waals surface area contributed by atoms with Crippen molar-refractivity contribution in [3.8, 4) is 0 Å². The normalized spacial score (nSPS) is 29.7. The molecule has 1 aromatic heterocycles. The number of nitro groups is 1. The van der Waals surface area contributed by atoms with Gasteiger partial charge in [0.05, 0.1) is 17.0 Å². The fourth-order valence-corrected chi connectivity index (χ4v) is 2.51. The van der Waals surface area contributed by atoms with E-state index in [4.69, 9.17) is 4.74 Å². The molecule has 2 heterocycles. The lowest BCUT2D eigenvalue weighted by Crippen LogP contribution is -2.50. The van der Waals surface area contributed by atoms with Crippen LogP contribution in [-0.2, 0) is 4.74 Å². The fourth-order valence-electron chi connectivity index (χ4n) is 2.51. The Morgan fingerprint density at radius 1 is 1.24 bits per heavy atom. The van der Waals surface area contributed by atoms with Crippen molar-refractivity contribution in [2.75, 3.05) is 6.61 Å². The van der Waals surface area contributed by atoms with E-state index in [-0.39, 0.29) is 12.3 Å². The largest absolute Gasteiger partial charge is 0.388 e. The molecule has 3 N–H and O–H groups in total. The number of nitro benzene ring substituents is 1. The molecule has 112 valence electrons. The van der Waals surface area contributed by atoms with E-state index >= 15 is 0 Å². The van der Waals surface area contributed by atoms with E-state index in [9.17, 15) is 25.4 Å². The molecule has 1 aromatic carbocycles. The standard InChI is InChI=1S/C13H14N2O6/c16-10-6-21-13(12(18)11(10)17)14-4-3-7-1-2-8(15(19)20)5-9(7)14/h1-5,10-13,16-18H,6H2/t10-,11+,12-,13+/m0/s1. The van der Waals surface area contributed by atoms with Gasteiger partial charge in [-0.1, -0.05) is 0 Å². The molecular weight excluding hydrogens is 280 g/mol. The summed E-state index contributed by atoms with van der Waals surface area (Å²) in [4.78, 5) is 10.3. The van der Waals surface area contributed by atoms with Crippen LogP contribution in [0.2, 0.25) is 0 Å². The summed E-state index contributed by atoms with van der Waals surface area (Å²) in [6, 6.07) is 6.10. The zero-order valence-electron chi connectivity index (χ0n) is 10.9. The van der Waals surface area contributed by atoms with Crippen LogP contribution < -0.4 is 0 Å². The van der Waals surface area contributed by atoms with E-state index in [0.29, 0.717) is 5.52 Å². The first-order valence-corrected chi connectivity index (χ1v) is 6.40. The van der Waals surface area contributed by atoms with Gasteiger partial charge < -0.3 is 24.6 Å². The molecule has 1 aliphatic rings. The molecule has 8 heteroatoms.